The molecule has 0 N–H and O–H groups in total. The third-order valence-electron chi connectivity index (χ3n) is 4.79. The van der Waals surface area contributed by atoms with Crippen LogP contribution in [-0.2, 0) is 9.53 Å². The molecule has 25 heteroatoms. The summed E-state index contributed by atoms with van der Waals surface area (Å²) in [6.07, 6.45) is -25.2. The lowest BCUT2D eigenvalue weighted by Crippen LogP contribution is -2.76. The molecule has 0 amide bonds. The quantitative estimate of drug-likeness (QED) is 0.114. The summed E-state index contributed by atoms with van der Waals surface area (Å²) in [7, 11) is 0. The van der Waals surface area contributed by atoms with Crippen molar-refractivity contribution in [2.45, 2.75) is 72.5 Å². The smallest absolute Gasteiger partial charge is 0.400 e. The second kappa shape index (κ2) is 10.7. The highest BCUT2D eigenvalue weighted by atomic mass is 19.4. The highest BCUT2D eigenvalue weighted by Crippen LogP contribution is 2.65. The first-order valence-electron chi connectivity index (χ1n) is 9.09. The highest BCUT2D eigenvalue weighted by Gasteiger charge is 2.96. The lowest BCUT2D eigenvalue weighted by Gasteiger charge is -2.44. The number of esters is 1. The van der Waals surface area contributed by atoms with Crippen LogP contribution in [0.15, 0.2) is 12.7 Å². The summed E-state index contributed by atoms with van der Waals surface area (Å²) >= 11 is 0. The molecule has 0 aliphatic heterocycles. The van der Waals surface area contributed by atoms with Crippen LogP contribution in [-0.4, -0.2) is 78.5 Å². The van der Waals surface area contributed by atoms with Gasteiger partial charge in [-0.3, -0.25) is 0 Å². The van der Waals surface area contributed by atoms with Gasteiger partial charge in [0, 0.05) is 6.08 Å². The molecule has 0 aromatic heterocycles. The van der Waals surface area contributed by atoms with E-state index in [0.717, 1.165) is 0 Å². The van der Waals surface area contributed by atoms with Crippen molar-refractivity contribution in [1.29, 1.82) is 0 Å². The van der Waals surface area contributed by atoms with Gasteiger partial charge in [-0.15, -0.1) is 0 Å². The van der Waals surface area contributed by atoms with Gasteiger partial charge in [0.1, 0.15) is 0 Å². The second-order valence-corrected chi connectivity index (χ2v) is 7.45. The molecule has 0 aliphatic carbocycles. The van der Waals surface area contributed by atoms with E-state index >= 15 is 0 Å². The highest BCUT2D eigenvalue weighted by molar-refractivity contribution is 5.81. The second-order valence-electron chi connectivity index (χ2n) is 7.45. The van der Waals surface area contributed by atoms with Crippen molar-refractivity contribution in [3.8, 4) is 0 Å². The van der Waals surface area contributed by atoms with Crippen LogP contribution in [0.1, 0.15) is 0 Å². The first-order valence-corrected chi connectivity index (χ1v) is 9.09. The number of carbonyl (C=O) groups is 1. The van der Waals surface area contributed by atoms with E-state index in [0.29, 0.717) is 0 Å². The lowest BCUT2D eigenvalue weighted by molar-refractivity contribution is -0.462. The molecule has 0 heterocycles. The third-order valence-corrected chi connectivity index (χ3v) is 4.79. The Labute approximate surface area is 209 Å². The maximum Gasteiger partial charge on any atom is 0.400 e. The van der Waals surface area contributed by atoms with Gasteiger partial charge in [-0.05, 0) is 0 Å². The molecule has 2 nitrogen and oxygen atoms in total. The van der Waals surface area contributed by atoms with Crippen molar-refractivity contribution in [1.82, 2.24) is 0 Å². The summed E-state index contributed by atoms with van der Waals surface area (Å²) in [5.41, 5.74) is 0. The number of ether oxygens (including phenoxy) is 1. The zero-order valence-corrected chi connectivity index (χ0v) is 18.1. The van der Waals surface area contributed by atoms with Gasteiger partial charge in [-0.1, -0.05) is 6.58 Å². The van der Waals surface area contributed by atoms with Crippen molar-refractivity contribution in [3.05, 3.63) is 12.7 Å². The van der Waals surface area contributed by atoms with E-state index in [9.17, 15) is 106 Å². The van der Waals surface area contributed by atoms with Crippen LogP contribution >= 0.6 is 0 Å². The minimum absolute atomic E-state index is 0.403. The maximum atomic E-state index is 13.7. The van der Waals surface area contributed by atoms with Crippen LogP contribution in [0.2, 0.25) is 0 Å². The van der Waals surface area contributed by atoms with E-state index in [1.165, 1.54) is 0 Å². The minimum Gasteiger partial charge on any atom is -0.421 e. The van der Waals surface area contributed by atoms with Crippen molar-refractivity contribution < 1.29 is 111 Å². The lowest BCUT2D eigenvalue weighted by atomic mass is 9.84. The molecule has 0 aromatic rings. The Kier molecular flexibility index (Phi) is 10.1. The normalized spacial score (nSPS) is 17.8. The Morgan fingerprint density at radius 1 is 0.537 bits per heavy atom. The van der Waals surface area contributed by atoms with E-state index in [4.69, 9.17) is 0 Å². The van der Waals surface area contributed by atoms with Crippen LogP contribution in [0.3, 0.4) is 0 Å². The Morgan fingerprint density at radius 2 is 0.829 bits per heavy atom. The molecule has 0 fully saturated rings. The van der Waals surface area contributed by atoms with E-state index in [-0.39, 0.29) is 0 Å². The summed E-state index contributed by atoms with van der Waals surface area (Å²) in [4.78, 5) is 10.5. The summed E-state index contributed by atoms with van der Waals surface area (Å²) in [5, 5.41) is 0. The Hall–Kier alpha value is -2.40. The zero-order valence-electron chi connectivity index (χ0n) is 18.1. The van der Waals surface area contributed by atoms with Crippen LogP contribution in [0.25, 0.3) is 0 Å². The molecule has 0 radical (unpaired) electrons. The monoisotopic (exact) mass is 668 g/mol. The predicted molar refractivity (Wildman–Crippen MR) is 81.2 cm³/mol. The standard InChI is InChI=1S/C16H7F23O2/c1-2-3(40)41-7(20)9(23,24)12(30,31)14(34,35)16(38,39)15(36,37)13(32,33)11(28,29)8(21,22)5(17)4(6(18)19)10(25,26)27/h2,4-7H,1H2. The molecule has 0 aromatic carbocycles. The number of hydrogen-bond donors (Lipinski definition) is 0. The molecule has 41 heavy (non-hydrogen) atoms. The molecule has 0 rings (SSSR count). The van der Waals surface area contributed by atoms with Crippen LogP contribution < -0.4 is 0 Å². The molecule has 0 spiro atoms. The van der Waals surface area contributed by atoms with Gasteiger partial charge in [-0.2, -0.15) is 87.8 Å². The number of carbonyl (C=O) groups excluding carboxylic acids is 1. The number of hydrogen-bond acceptors (Lipinski definition) is 2. The summed E-state index contributed by atoms with van der Waals surface area (Å²) in [5.74, 6) is -78.6. The molecular weight excluding hydrogens is 661 g/mol. The van der Waals surface area contributed by atoms with Crippen LogP contribution in [0, 0.1) is 5.92 Å². The third kappa shape index (κ3) is 5.56. The van der Waals surface area contributed by atoms with Crippen molar-refractivity contribution in [2.75, 3.05) is 0 Å². The van der Waals surface area contributed by atoms with Gasteiger partial charge in [0.25, 0.3) is 6.43 Å². The van der Waals surface area contributed by atoms with Gasteiger partial charge in [0.05, 0.1) is 0 Å². The molecule has 0 aliphatic rings. The number of alkyl halides is 23. The van der Waals surface area contributed by atoms with Gasteiger partial charge < -0.3 is 4.74 Å². The Bertz CT molecular complexity index is 950. The molecule has 0 saturated carbocycles. The largest absolute Gasteiger partial charge is 0.421 e. The van der Waals surface area contributed by atoms with Crippen LogP contribution in [0.5, 0.6) is 0 Å². The average Bonchev–Trinajstić information content (AvgIpc) is 2.76. The Balaban J connectivity index is 7.07. The molecule has 0 bridgehead atoms. The first kappa shape index (κ1) is 38.6. The molecule has 3 unspecified atom stereocenters. The first-order chi connectivity index (χ1) is 17.6. The fourth-order valence-electron chi connectivity index (χ4n) is 2.41. The maximum absolute atomic E-state index is 13.7. The SMILES string of the molecule is C=CC(=O)OC(F)C(F)(F)C(F)(F)C(F)(F)C(F)(F)C(F)(F)C(F)(F)C(F)(F)C(F)(F)C(F)C(C(F)F)C(F)(F)F. The molecule has 0 saturated heterocycles. The summed E-state index contributed by atoms with van der Waals surface area (Å²) in [6.45, 7) is 2.31. The van der Waals surface area contributed by atoms with Crippen molar-refractivity contribution in [2.24, 2.45) is 5.92 Å². The summed E-state index contributed by atoms with van der Waals surface area (Å²) in [6, 6.07) is 0. The van der Waals surface area contributed by atoms with Crippen LogP contribution in [0.4, 0.5) is 101 Å². The van der Waals surface area contributed by atoms with E-state index < -0.39 is 90.5 Å². The fraction of sp³-hybridized carbons (Fsp3) is 0.812. The van der Waals surface area contributed by atoms with Crippen molar-refractivity contribution >= 4 is 5.97 Å². The van der Waals surface area contributed by atoms with E-state index in [1.807, 2.05) is 0 Å². The average molecular weight is 668 g/mol. The number of rotatable bonds is 13. The van der Waals surface area contributed by atoms with Crippen molar-refractivity contribution in [3.63, 3.8) is 0 Å². The molecule has 3 atom stereocenters. The zero-order chi connectivity index (χ0) is 33.8. The topological polar surface area (TPSA) is 26.3 Å². The van der Waals surface area contributed by atoms with Gasteiger partial charge in [-0.25, -0.2) is 18.0 Å². The predicted octanol–water partition coefficient (Wildman–Crippen LogP) is 7.88. The minimum atomic E-state index is -9.28. The van der Waals surface area contributed by atoms with Gasteiger partial charge in [0.2, 0.25) is 0 Å². The molecule has 244 valence electrons. The summed E-state index contributed by atoms with van der Waals surface area (Å²) < 4.78 is 309. The van der Waals surface area contributed by atoms with Gasteiger partial charge >= 0.3 is 65.9 Å². The number of halogens is 23. The Morgan fingerprint density at radius 3 is 1.10 bits per heavy atom. The van der Waals surface area contributed by atoms with E-state index in [1.54, 1.807) is 0 Å². The van der Waals surface area contributed by atoms with E-state index in [2.05, 4.69) is 11.3 Å². The fourth-order valence-corrected chi connectivity index (χ4v) is 2.41. The molecular formula is C16H7F23O2. The van der Waals surface area contributed by atoms with Gasteiger partial charge in [0.15, 0.2) is 12.1 Å².